The zero-order chi connectivity index (χ0) is 29.1. The third-order valence-electron chi connectivity index (χ3n) is 8.99. The number of fused-ring (bicyclic) bond motifs is 6. The first-order valence-corrected chi connectivity index (χ1v) is 14.9. The molecule has 4 heteroatoms. The van der Waals surface area contributed by atoms with Crippen molar-refractivity contribution in [1.82, 2.24) is 9.13 Å². The van der Waals surface area contributed by atoms with Crippen LogP contribution in [0.2, 0.25) is 0 Å². The molecule has 4 aromatic carbocycles. The second kappa shape index (κ2) is 9.76. The van der Waals surface area contributed by atoms with Crippen LogP contribution >= 0.6 is 0 Å². The summed E-state index contributed by atoms with van der Waals surface area (Å²) >= 11 is 0. The highest BCUT2D eigenvalue weighted by Crippen LogP contribution is 2.44. The molecule has 2 aliphatic carbocycles. The lowest BCUT2D eigenvalue weighted by Gasteiger charge is -2.22. The molecule has 0 N–H and O–H groups in total. The van der Waals surface area contributed by atoms with Crippen molar-refractivity contribution in [3.05, 3.63) is 137 Å². The summed E-state index contributed by atoms with van der Waals surface area (Å²) in [7, 11) is 0. The summed E-state index contributed by atoms with van der Waals surface area (Å²) in [6.07, 6.45) is 12.2. The number of para-hydroxylation sites is 2. The van der Waals surface area contributed by atoms with Crippen LogP contribution in [0, 0.1) is 28.6 Å². The van der Waals surface area contributed by atoms with Gasteiger partial charge in [0.25, 0.3) is 0 Å². The van der Waals surface area contributed by atoms with Crippen LogP contribution < -0.4 is 0 Å². The third-order valence-corrected chi connectivity index (χ3v) is 8.99. The number of benzene rings is 4. The summed E-state index contributed by atoms with van der Waals surface area (Å²) in [6.45, 7) is 2.25. The summed E-state index contributed by atoms with van der Waals surface area (Å²) in [5.74, 6) is 0.508. The van der Waals surface area contributed by atoms with Gasteiger partial charge in [0.05, 0.1) is 45.5 Å². The second-order valence-corrected chi connectivity index (χ2v) is 11.6. The van der Waals surface area contributed by atoms with Crippen LogP contribution in [-0.2, 0) is 6.42 Å². The van der Waals surface area contributed by atoms with Gasteiger partial charge in [0, 0.05) is 38.7 Å². The summed E-state index contributed by atoms with van der Waals surface area (Å²) in [5, 5.41) is 22.7. The van der Waals surface area contributed by atoms with Crippen molar-refractivity contribution in [2.45, 2.75) is 26.2 Å². The molecule has 0 bridgehead atoms. The highest BCUT2D eigenvalue weighted by molar-refractivity contribution is 6.15. The number of hydrogen-bond acceptors (Lipinski definition) is 2. The first-order chi connectivity index (χ1) is 21.2. The van der Waals surface area contributed by atoms with E-state index in [1.807, 2.05) is 24.3 Å². The normalized spacial score (nSPS) is 16.1. The number of nitriles is 2. The molecule has 8 rings (SSSR count). The van der Waals surface area contributed by atoms with Gasteiger partial charge in [-0.25, -0.2) is 0 Å². The highest BCUT2D eigenvalue weighted by atomic mass is 15.0. The minimum Gasteiger partial charge on any atom is -0.309 e. The fourth-order valence-corrected chi connectivity index (χ4v) is 7.00. The largest absolute Gasteiger partial charge is 0.309 e. The van der Waals surface area contributed by atoms with Crippen LogP contribution in [0.4, 0.5) is 0 Å². The minimum absolute atomic E-state index is 0.508. The Labute approximate surface area is 250 Å². The molecule has 0 amide bonds. The molecule has 0 saturated heterocycles. The van der Waals surface area contributed by atoms with E-state index in [0.29, 0.717) is 17.0 Å². The van der Waals surface area contributed by atoms with E-state index < -0.39 is 0 Å². The van der Waals surface area contributed by atoms with Crippen molar-refractivity contribution in [3.63, 3.8) is 0 Å². The fraction of sp³-hybridized carbons (Fsp3) is 0.128. The molecular weight excluding hydrogens is 524 g/mol. The molecule has 2 aromatic heterocycles. The molecule has 43 heavy (non-hydrogen) atoms. The quantitative estimate of drug-likeness (QED) is 0.220. The van der Waals surface area contributed by atoms with E-state index in [9.17, 15) is 10.5 Å². The average Bonchev–Trinajstić information content (AvgIpc) is 3.58. The molecule has 1 unspecified atom stereocenters. The molecule has 2 aliphatic rings. The lowest BCUT2D eigenvalue weighted by atomic mass is 9.89. The van der Waals surface area contributed by atoms with Crippen molar-refractivity contribution in [2.24, 2.45) is 5.92 Å². The van der Waals surface area contributed by atoms with E-state index in [4.69, 9.17) is 0 Å². The van der Waals surface area contributed by atoms with Gasteiger partial charge in [0.1, 0.15) is 0 Å². The molecule has 0 aliphatic heterocycles. The van der Waals surface area contributed by atoms with E-state index in [1.54, 1.807) is 0 Å². The van der Waals surface area contributed by atoms with Crippen molar-refractivity contribution < 1.29 is 0 Å². The molecular formula is C39H28N4. The molecule has 4 nitrogen and oxygen atoms in total. The van der Waals surface area contributed by atoms with Crippen LogP contribution in [0.3, 0.4) is 0 Å². The lowest BCUT2D eigenvalue weighted by molar-refractivity contribution is 0.735. The fourth-order valence-electron chi connectivity index (χ4n) is 7.00. The number of nitrogens with zero attached hydrogens (tertiary/aromatic N) is 4. The van der Waals surface area contributed by atoms with E-state index in [0.717, 1.165) is 46.8 Å². The molecule has 1 atom stereocenters. The topological polar surface area (TPSA) is 57.4 Å². The highest BCUT2D eigenvalue weighted by Gasteiger charge is 2.27. The van der Waals surface area contributed by atoms with Gasteiger partial charge in [-0.2, -0.15) is 10.5 Å². The number of allylic oxidation sites excluding steroid dienone is 5. The molecule has 0 radical (unpaired) electrons. The van der Waals surface area contributed by atoms with Crippen molar-refractivity contribution >= 4 is 44.0 Å². The predicted molar refractivity (Wildman–Crippen MR) is 175 cm³/mol. The standard InChI is InChI=1S/C39H28N4/c1-25-12-17-28(18-13-25)43-37-21-16-27(24-41)22-35(37)34-10-5-9-33(39(34)43)32-8-4-7-31-30-6-2-3-11-36(30)42(38(31)32)29-19-14-26(23-40)15-20-29/h2-3,5-6,8-12,14-22,25H,4,7,13H2,1H3. The maximum absolute atomic E-state index is 9.75. The van der Waals surface area contributed by atoms with Gasteiger partial charge in [-0.15, -0.1) is 0 Å². The SMILES string of the molecule is CC1C=CC(n2c3ccc(C#N)cc3c3cccc(C4=CCCc5c4n(-c4ccc(C#N)cc4)c4ccccc54)c32)=CC1. The third kappa shape index (κ3) is 3.81. The van der Waals surface area contributed by atoms with Gasteiger partial charge < -0.3 is 9.13 Å². The van der Waals surface area contributed by atoms with Crippen LogP contribution in [0.1, 0.15) is 47.7 Å². The average molecular weight is 553 g/mol. The number of hydrogen-bond donors (Lipinski definition) is 0. The Morgan fingerprint density at radius 1 is 0.744 bits per heavy atom. The Kier molecular flexibility index (Phi) is 5.71. The molecule has 2 heterocycles. The van der Waals surface area contributed by atoms with Gasteiger partial charge in [-0.1, -0.05) is 61.5 Å². The first-order valence-electron chi connectivity index (χ1n) is 14.9. The molecule has 0 fully saturated rings. The molecule has 0 spiro atoms. The van der Waals surface area contributed by atoms with Crippen molar-refractivity contribution in [2.75, 3.05) is 0 Å². The second-order valence-electron chi connectivity index (χ2n) is 11.6. The van der Waals surface area contributed by atoms with Crippen LogP contribution in [0.15, 0.2) is 109 Å². The first kappa shape index (κ1) is 25.2. The van der Waals surface area contributed by atoms with Gasteiger partial charge in [-0.3, -0.25) is 0 Å². The van der Waals surface area contributed by atoms with E-state index >= 15 is 0 Å². The Hall–Kier alpha value is -5.58. The maximum atomic E-state index is 9.75. The molecule has 6 aromatic rings. The lowest BCUT2D eigenvalue weighted by Crippen LogP contribution is -2.08. The van der Waals surface area contributed by atoms with E-state index in [-0.39, 0.29) is 0 Å². The zero-order valence-corrected chi connectivity index (χ0v) is 23.9. The monoisotopic (exact) mass is 552 g/mol. The van der Waals surface area contributed by atoms with Gasteiger partial charge in [0.15, 0.2) is 0 Å². The van der Waals surface area contributed by atoms with Crippen molar-refractivity contribution in [3.8, 4) is 17.8 Å². The summed E-state index contributed by atoms with van der Waals surface area (Å²) in [6, 6.07) is 33.8. The summed E-state index contributed by atoms with van der Waals surface area (Å²) < 4.78 is 4.77. The Balaban J connectivity index is 1.46. The number of aryl methyl sites for hydroxylation is 1. The van der Waals surface area contributed by atoms with Gasteiger partial charge in [-0.05, 0) is 85.4 Å². The van der Waals surface area contributed by atoms with Crippen LogP contribution in [0.25, 0.3) is 49.7 Å². The molecule has 0 saturated carbocycles. The minimum atomic E-state index is 0.508. The Morgan fingerprint density at radius 2 is 1.51 bits per heavy atom. The zero-order valence-electron chi connectivity index (χ0n) is 23.9. The predicted octanol–water partition coefficient (Wildman–Crippen LogP) is 9.30. The van der Waals surface area contributed by atoms with Crippen LogP contribution in [-0.4, -0.2) is 9.13 Å². The summed E-state index contributed by atoms with van der Waals surface area (Å²) in [4.78, 5) is 0. The Bertz CT molecular complexity index is 2290. The van der Waals surface area contributed by atoms with Gasteiger partial charge >= 0.3 is 0 Å². The van der Waals surface area contributed by atoms with E-state index in [1.165, 1.54) is 39.0 Å². The molecule has 204 valence electrons. The van der Waals surface area contributed by atoms with E-state index in [2.05, 4.69) is 113 Å². The maximum Gasteiger partial charge on any atom is 0.0991 e. The van der Waals surface area contributed by atoms with Gasteiger partial charge in [0.2, 0.25) is 0 Å². The van der Waals surface area contributed by atoms with Crippen LogP contribution in [0.5, 0.6) is 0 Å². The Morgan fingerprint density at radius 3 is 2.30 bits per heavy atom. The number of aromatic nitrogens is 2. The summed E-state index contributed by atoms with van der Waals surface area (Å²) in [5.41, 5.74) is 11.9. The smallest absolute Gasteiger partial charge is 0.0991 e. The number of rotatable bonds is 3. The van der Waals surface area contributed by atoms with Crippen molar-refractivity contribution in [1.29, 1.82) is 10.5 Å².